The number of thioether (sulfide) groups is 1. The van der Waals surface area contributed by atoms with Crippen LogP contribution in [-0.2, 0) is 6.54 Å². The zero-order valence-electron chi connectivity index (χ0n) is 10.9. The normalized spacial score (nSPS) is 19.4. The van der Waals surface area contributed by atoms with Crippen molar-refractivity contribution >= 4 is 17.6 Å². The SMILES string of the molecule is Cc1cc(CN)cc(N2CCSC(C)(C)C2)n1. The van der Waals surface area contributed by atoms with Crippen molar-refractivity contribution in [3.05, 3.63) is 23.4 Å². The third-order valence-electron chi connectivity index (χ3n) is 2.99. The Morgan fingerprint density at radius 3 is 2.88 bits per heavy atom. The molecule has 1 aromatic rings. The van der Waals surface area contributed by atoms with E-state index in [1.165, 1.54) is 11.3 Å². The van der Waals surface area contributed by atoms with Crippen molar-refractivity contribution in [3.63, 3.8) is 0 Å². The summed E-state index contributed by atoms with van der Waals surface area (Å²) in [5.74, 6) is 2.25. The minimum absolute atomic E-state index is 0.312. The quantitative estimate of drug-likeness (QED) is 0.875. The number of hydrogen-bond donors (Lipinski definition) is 1. The summed E-state index contributed by atoms with van der Waals surface area (Å²) in [4.78, 5) is 7.01. The van der Waals surface area contributed by atoms with E-state index in [1.54, 1.807) is 0 Å². The second kappa shape index (κ2) is 4.86. The lowest BCUT2D eigenvalue weighted by atomic mass is 10.1. The smallest absolute Gasteiger partial charge is 0.129 e. The van der Waals surface area contributed by atoms with Crippen LogP contribution in [0.15, 0.2) is 12.1 Å². The maximum Gasteiger partial charge on any atom is 0.129 e. The van der Waals surface area contributed by atoms with Gasteiger partial charge >= 0.3 is 0 Å². The molecule has 0 bridgehead atoms. The van der Waals surface area contributed by atoms with Gasteiger partial charge in [0.2, 0.25) is 0 Å². The van der Waals surface area contributed by atoms with Crippen LogP contribution in [0.3, 0.4) is 0 Å². The Morgan fingerprint density at radius 1 is 1.47 bits per heavy atom. The first kappa shape index (κ1) is 12.7. The zero-order chi connectivity index (χ0) is 12.5. The molecule has 1 aromatic heterocycles. The predicted molar refractivity (Wildman–Crippen MR) is 75.6 cm³/mol. The van der Waals surface area contributed by atoms with Crippen LogP contribution in [0, 0.1) is 6.92 Å². The van der Waals surface area contributed by atoms with E-state index in [9.17, 15) is 0 Å². The van der Waals surface area contributed by atoms with Gasteiger partial charge in [-0.15, -0.1) is 0 Å². The second-order valence-electron chi connectivity index (χ2n) is 5.21. The number of aromatic nitrogens is 1. The third-order valence-corrected chi connectivity index (χ3v) is 4.28. The fourth-order valence-corrected chi connectivity index (χ4v) is 3.32. The van der Waals surface area contributed by atoms with Gasteiger partial charge in [-0.25, -0.2) is 4.98 Å². The molecule has 0 unspecified atom stereocenters. The molecule has 2 rings (SSSR count). The average Bonchev–Trinajstić information content (AvgIpc) is 2.27. The zero-order valence-corrected chi connectivity index (χ0v) is 11.7. The van der Waals surface area contributed by atoms with E-state index in [-0.39, 0.29) is 0 Å². The van der Waals surface area contributed by atoms with E-state index < -0.39 is 0 Å². The molecule has 1 aliphatic heterocycles. The van der Waals surface area contributed by atoms with Crippen LogP contribution < -0.4 is 10.6 Å². The summed E-state index contributed by atoms with van der Waals surface area (Å²) < 4.78 is 0.312. The van der Waals surface area contributed by atoms with Crippen molar-refractivity contribution in [3.8, 4) is 0 Å². The molecule has 0 aromatic carbocycles. The Balaban J connectivity index is 2.24. The van der Waals surface area contributed by atoms with Crippen LogP contribution >= 0.6 is 11.8 Å². The molecule has 1 fully saturated rings. The summed E-state index contributed by atoms with van der Waals surface area (Å²) in [6.45, 7) is 9.34. The summed E-state index contributed by atoms with van der Waals surface area (Å²) in [6.07, 6.45) is 0. The first-order valence-electron chi connectivity index (χ1n) is 6.07. The first-order chi connectivity index (χ1) is 8.00. The minimum Gasteiger partial charge on any atom is -0.354 e. The Morgan fingerprint density at radius 2 is 2.24 bits per heavy atom. The highest BCUT2D eigenvalue weighted by Gasteiger charge is 2.27. The molecule has 2 N–H and O–H groups in total. The molecule has 4 heteroatoms. The number of nitrogens with zero attached hydrogens (tertiary/aromatic N) is 2. The largest absolute Gasteiger partial charge is 0.354 e. The lowest BCUT2D eigenvalue weighted by Gasteiger charge is -2.38. The van der Waals surface area contributed by atoms with Crippen LogP contribution in [0.1, 0.15) is 25.1 Å². The van der Waals surface area contributed by atoms with E-state index in [4.69, 9.17) is 5.73 Å². The van der Waals surface area contributed by atoms with E-state index in [2.05, 4.69) is 35.9 Å². The van der Waals surface area contributed by atoms with Crippen LogP contribution in [0.4, 0.5) is 5.82 Å². The molecule has 0 saturated carbocycles. The highest BCUT2D eigenvalue weighted by molar-refractivity contribution is 8.00. The number of hydrogen-bond acceptors (Lipinski definition) is 4. The van der Waals surface area contributed by atoms with Crippen molar-refractivity contribution in [2.75, 3.05) is 23.7 Å². The maximum absolute atomic E-state index is 5.72. The van der Waals surface area contributed by atoms with Crippen molar-refractivity contribution in [2.24, 2.45) is 5.73 Å². The molecule has 0 radical (unpaired) electrons. The van der Waals surface area contributed by atoms with Gasteiger partial charge in [0.25, 0.3) is 0 Å². The first-order valence-corrected chi connectivity index (χ1v) is 7.05. The van der Waals surface area contributed by atoms with Crippen molar-refractivity contribution in [1.29, 1.82) is 0 Å². The van der Waals surface area contributed by atoms with Gasteiger partial charge in [0.05, 0.1) is 0 Å². The lowest BCUT2D eigenvalue weighted by molar-refractivity contribution is 0.641. The van der Waals surface area contributed by atoms with Crippen molar-refractivity contribution < 1.29 is 0 Å². The molecule has 0 aliphatic carbocycles. The van der Waals surface area contributed by atoms with E-state index >= 15 is 0 Å². The molecule has 17 heavy (non-hydrogen) atoms. The number of pyridine rings is 1. The lowest BCUT2D eigenvalue weighted by Crippen LogP contribution is -2.43. The van der Waals surface area contributed by atoms with Gasteiger partial charge in [0, 0.05) is 35.8 Å². The van der Waals surface area contributed by atoms with Crippen LogP contribution in [0.2, 0.25) is 0 Å². The number of anilines is 1. The molecule has 94 valence electrons. The van der Waals surface area contributed by atoms with Gasteiger partial charge in [-0.05, 0) is 38.5 Å². The topological polar surface area (TPSA) is 42.1 Å². The molecule has 2 heterocycles. The summed E-state index contributed by atoms with van der Waals surface area (Å²) in [5.41, 5.74) is 7.94. The standard InChI is InChI=1S/C13H21N3S/c1-10-6-11(8-14)7-12(15-10)16-4-5-17-13(2,3)9-16/h6-7H,4-5,8-9,14H2,1-3H3. The fraction of sp³-hybridized carbons (Fsp3) is 0.615. The molecule has 3 nitrogen and oxygen atoms in total. The van der Waals surface area contributed by atoms with Gasteiger partial charge < -0.3 is 10.6 Å². The molecule has 0 spiro atoms. The van der Waals surface area contributed by atoms with E-state index in [1.807, 2.05) is 18.7 Å². The Kier molecular flexibility index (Phi) is 3.64. The molecule has 0 amide bonds. The Bertz CT molecular complexity index is 404. The average molecular weight is 251 g/mol. The van der Waals surface area contributed by atoms with Gasteiger partial charge in [-0.1, -0.05) is 0 Å². The summed E-state index contributed by atoms with van der Waals surface area (Å²) in [7, 11) is 0. The highest BCUT2D eigenvalue weighted by atomic mass is 32.2. The molecule has 1 saturated heterocycles. The Hall–Kier alpha value is -0.740. The van der Waals surface area contributed by atoms with Gasteiger partial charge in [-0.2, -0.15) is 11.8 Å². The fourth-order valence-electron chi connectivity index (χ4n) is 2.21. The monoisotopic (exact) mass is 251 g/mol. The second-order valence-corrected chi connectivity index (χ2v) is 7.01. The van der Waals surface area contributed by atoms with Gasteiger partial charge in [0.1, 0.15) is 5.82 Å². The maximum atomic E-state index is 5.72. The molecule has 1 aliphatic rings. The number of aryl methyl sites for hydroxylation is 1. The van der Waals surface area contributed by atoms with E-state index in [0.29, 0.717) is 11.3 Å². The number of nitrogens with two attached hydrogens (primary N) is 1. The van der Waals surface area contributed by atoms with Gasteiger partial charge in [-0.3, -0.25) is 0 Å². The van der Waals surface area contributed by atoms with Crippen LogP contribution in [0.5, 0.6) is 0 Å². The van der Waals surface area contributed by atoms with Gasteiger partial charge in [0.15, 0.2) is 0 Å². The number of rotatable bonds is 2. The summed E-state index contributed by atoms with van der Waals surface area (Å²) in [5, 5.41) is 0. The summed E-state index contributed by atoms with van der Waals surface area (Å²) in [6, 6.07) is 4.19. The van der Waals surface area contributed by atoms with Crippen LogP contribution in [0.25, 0.3) is 0 Å². The minimum atomic E-state index is 0.312. The molecular formula is C13H21N3S. The highest BCUT2D eigenvalue weighted by Crippen LogP contribution is 2.31. The molecule has 0 atom stereocenters. The van der Waals surface area contributed by atoms with Crippen LogP contribution in [-0.4, -0.2) is 28.6 Å². The van der Waals surface area contributed by atoms with Crippen molar-refractivity contribution in [2.45, 2.75) is 32.1 Å². The Labute approximate surface area is 108 Å². The molecular weight excluding hydrogens is 230 g/mol. The van der Waals surface area contributed by atoms with Crippen molar-refractivity contribution in [1.82, 2.24) is 4.98 Å². The van der Waals surface area contributed by atoms with E-state index in [0.717, 1.165) is 24.6 Å². The predicted octanol–water partition coefficient (Wildman–Crippen LogP) is 2.18. The summed E-state index contributed by atoms with van der Waals surface area (Å²) >= 11 is 2.04. The third kappa shape index (κ3) is 3.13.